The summed E-state index contributed by atoms with van der Waals surface area (Å²) in [6.45, 7) is 5.15. The second-order valence-electron chi connectivity index (χ2n) is 3.08. The van der Waals surface area contributed by atoms with Crippen molar-refractivity contribution in [2.45, 2.75) is 31.3 Å². The van der Waals surface area contributed by atoms with E-state index in [-0.39, 0.29) is 0 Å². The maximum atomic E-state index is 5.55. The smallest absolute Gasteiger partial charge is 0.0282 e. The van der Waals surface area contributed by atoms with E-state index in [0.717, 1.165) is 18.7 Å². The molecule has 1 heterocycles. The first-order valence-corrected chi connectivity index (χ1v) is 6.52. The van der Waals surface area contributed by atoms with Gasteiger partial charge in [0.25, 0.3) is 0 Å². The summed E-state index contributed by atoms with van der Waals surface area (Å²) in [5.74, 6) is 1.11. The fourth-order valence-electron chi connectivity index (χ4n) is 0.982. The van der Waals surface area contributed by atoms with Crippen molar-refractivity contribution in [2.75, 3.05) is 6.54 Å². The SMILES string of the molecule is CCc1ccc(CSC(C)CN)s1. The van der Waals surface area contributed by atoms with Crippen LogP contribution in [0.4, 0.5) is 0 Å². The summed E-state index contributed by atoms with van der Waals surface area (Å²) >= 11 is 3.86. The Hall–Kier alpha value is 0.01000. The van der Waals surface area contributed by atoms with Crippen LogP contribution < -0.4 is 5.73 Å². The highest BCUT2D eigenvalue weighted by atomic mass is 32.2. The van der Waals surface area contributed by atoms with E-state index in [2.05, 4.69) is 26.0 Å². The van der Waals surface area contributed by atoms with Crippen LogP contribution >= 0.6 is 23.1 Å². The van der Waals surface area contributed by atoms with Crippen LogP contribution in [0.1, 0.15) is 23.6 Å². The predicted octanol–water partition coefficient (Wildman–Crippen LogP) is 2.89. The Morgan fingerprint density at radius 1 is 1.46 bits per heavy atom. The molecule has 0 aliphatic rings. The summed E-state index contributed by atoms with van der Waals surface area (Å²) in [6, 6.07) is 4.47. The van der Waals surface area contributed by atoms with Crippen LogP contribution in [0.5, 0.6) is 0 Å². The Bertz CT molecular complexity index is 245. The second kappa shape index (κ2) is 5.68. The highest BCUT2D eigenvalue weighted by Gasteiger charge is 2.02. The molecule has 0 bridgehead atoms. The molecule has 1 nitrogen and oxygen atoms in total. The van der Waals surface area contributed by atoms with Crippen LogP contribution in [0.25, 0.3) is 0 Å². The number of hydrogen-bond acceptors (Lipinski definition) is 3. The summed E-state index contributed by atoms with van der Waals surface area (Å²) in [5.41, 5.74) is 5.55. The van der Waals surface area contributed by atoms with E-state index < -0.39 is 0 Å². The van der Waals surface area contributed by atoms with E-state index in [9.17, 15) is 0 Å². The van der Waals surface area contributed by atoms with Crippen molar-refractivity contribution in [1.29, 1.82) is 0 Å². The maximum Gasteiger partial charge on any atom is 0.0282 e. The number of thioether (sulfide) groups is 1. The van der Waals surface area contributed by atoms with Crippen molar-refractivity contribution in [3.63, 3.8) is 0 Å². The van der Waals surface area contributed by atoms with Crippen LogP contribution in [-0.4, -0.2) is 11.8 Å². The molecule has 2 N–H and O–H groups in total. The van der Waals surface area contributed by atoms with E-state index in [1.54, 1.807) is 0 Å². The van der Waals surface area contributed by atoms with Gasteiger partial charge in [0, 0.05) is 27.3 Å². The van der Waals surface area contributed by atoms with E-state index in [1.807, 2.05) is 23.1 Å². The molecule has 1 aromatic rings. The zero-order chi connectivity index (χ0) is 9.68. The third-order valence-corrected chi connectivity index (χ3v) is 4.56. The van der Waals surface area contributed by atoms with E-state index in [4.69, 9.17) is 5.73 Å². The molecular weight excluding hydrogens is 198 g/mol. The van der Waals surface area contributed by atoms with Crippen molar-refractivity contribution in [1.82, 2.24) is 0 Å². The van der Waals surface area contributed by atoms with Crippen molar-refractivity contribution in [3.05, 3.63) is 21.9 Å². The monoisotopic (exact) mass is 215 g/mol. The highest BCUT2D eigenvalue weighted by Crippen LogP contribution is 2.23. The van der Waals surface area contributed by atoms with Crippen molar-refractivity contribution >= 4 is 23.1 Å². The summed E-state index contributed by atoms with van der Waals surface area (Å²) in [4.78, 5) is 2.96. The van der Waals surface area contributed by atoms with Gasteiger partial charge in [0.2, 0.25) is 0 Å². The van der Waals surface area contributed by atoms with Crippen molar-refractivity contribution < 1.29 is 0 Å². The Balaban J connectivity index is 2.36. The summed E-state index contributed by atoms with van der Waals surface area (Å²) < 4.78 is 0. The van der Waals surface area contributed by atoms with Crippen molar-refractivity contribution in [2.24, 2.45) is 5.73 Å². The standard InChI is InChI=1S/C10H17NS2/c1-3-9-4-5-10(13-9)7-12-8(2)6-11/h4-5,8H,3,6-7,11H2,1-2H3. The molecule has 1 atom stereocenters. The number of hydrogen-bond donors (Lipinski definition) is 1. The van der Waals surface area contributed by atoms with Gasteiger partial charge in [0.05, 0.1) is 0 Å². The molecule has 74 valence electrons. The molecule has 0 aromatic carbocycles. The molecule has 0 amide bonds. The highest BCUT2D eigenvalue weighted by molar-refractivity contribution is 7.99. The van der Waals surface area contributed by atoms with Gasteiger partial charge < -0.3 is 5.73 Å². The Morgan fingerprint density at radius 2 is 2.15 bits per heavy atom. The normalized spacial score (nSPS) is 13.2. The van der Waals surface area contributed by atoms with Crippen LogP contribution in [0, 0.1) is 0 Å². The average molecular weight is 215 g/mol. The van der Waals surface area contributed by atoms with Gasteiger partial charge in [-0.25, -0.2) is 0 Å². The molecule has 1 aromatic heterocycles. The quantitative estimate of drug-likeness (QED) is 0.817. The minimum Gasteiger partial charge on any atom is -0.329 e. The van der Waals surface area contributed by atoms with Crippen LogP contribution in [0.3, 0.4) is 0 Å². The largest absolute Gasteiger partial charge is 0.329 e. The van der Waals surface area contributed by atoms with Gasteiger partial charge in [-0.1, -0.05) is 13.8 Å². The molecule has 0 spiro atoms. The van der Waals surface area contributed by atoms with Gasteiger partial charge in [-0.15, -0.1) is 11.3 Å². The van der Waals surface area contributed by atoms with Gasteiger partial charge in [0.15, 0.2) is 0 Å². The van der Waals surface area contributed by atoms with Crippen molar-refractivity contribution in [3.8, 4) is 0 Å². The molecule has 0 aliphatic heterocycles. The van der Waals surface area contributed by atoms with E-state index >= 15 is 0 Å². The van der Waals surface area contributed by atoms with Gasteiger partial charge in [0.1, 0.15) is 0 Å². The first-order valence-electron chi connectivity index (χ1n) is 4.65. The first-order chi connectivity index (χ1) is 6.26. The molecule has 1 unspecified atom stereocenters. The Morgan fingerprint density at radius 3 is 2.69 bits per heavy atom. The van der Waals surface area contributed by atoms with Gasteiger partial charge in [-0.3, -0.25) is 0 Å². The van der Waals surface area contributed by atoms with Crippen LogP contribution in [0.2, 0.25) is 0 Å². The minimum atomic E-state index is 0.576. The number of thiophene rings is 1. The fraction of sp³-hybridized carbons (Fsp3) is 0.600. The lowest BCUT2D eigenvalue weighted by Crippen LogP contribution is -2.12. The number of nitrogens with two attached hydrogens (primary N) is 1. The second-order valence-corrected chi connectivity index (χ2v) is 5.76. The molecular formula is C10H17NS2. The van der Waals surface area contributed by atoms with Gasteiger partial charge in [-0.2, -0.15) is 11.8 Å². The molecule has 0 saturated carbocycles. The molecule has 13 heavy (non-hydrogen) atoms. The molecule has 0 fully saturated rings. The fourth-order valence-corrected chi connectivity index (χ4v) is 2.86. The maximum absolute atomic E-state index is 5.55. The lowest BCUT2D eigenvalue weighted by Gasteiger charge is -2.05. The predicted molar refractivity (Wildman–Crippen MR) is 63.5 cm³/mol. The molecule has 0 radical (unpaired) electrons. The Kier molecular flexibility index (Phi) is 4.84. The van der Waals surface area contributed by atoms with E-state index in [1.165, 1.54) is 9.75 Å². The first kappa shape index (κ1) is 11.1. The Labute approximate surface area is 88.7 Å². The third-order valence-electron chi connectivity index (χ3n) is 1.91. The lowest BCUT2D eigenvalue weighted by molar-refractivity contribution is 0.951. The molecule has 0 aliphatic carbocycles. The number of rotatable bonds is 5. The minimum absolute atomic E-state index is 0.576. The van der Waals surface area contributed by atoms with Gasteiger partial charge >= 0.3 is 0 Å². The third kappa shape index (κ3) is 3.71. The summed E-state index contributed by atoms with van der Waals surface area (Å²) in [5, 5.41) is 0.576. The van der Waals surface area contributed by atoms with Crippen LogP contribution in [-0.2, 0) is 12.2 Å². The number of aryl methyl sites for hydroxylation is 1. The zero-order valence-electron chi connectivity index (χ0n) is 8.25. The lowest BCUT2D eigenvalue weighted by atomic mass is 10.4. The van der Waals surface area contributed by atoms with E-state index in [0.29, 0.717) is 5.25 Å². The molecule has 1 rings (SSSR count). The molecule has 0 saturated heterocycles. The topological polar surface area (TPSA) is 26.0 Å². The summed E-state index contributed by atoms with van der Waals surface area (Å²) in [7, 11) is 0. The molecule has 3 heteroatoms. The van der Waals surface area contributed by atoms with Gasteiger partial charge in [-0.05, 0) is 18.6 Å². The zero-order valence-corrected chi connectivity index (χ0v) is 9.88. The van der Waals surface area contributed by atoms with Crippen LogP contribution in [0.15, 0.2) is 12.1 Å². The summed E-state index contributed by atoms with van der Waals surface area (Å²) in [6.07, 6.45) is 1.15. The average Bonchev–Trinajstić information content (AvgIpc) is 2.61.